The van der Waals surface area contributed by atoms with Crippen LogP contribution in [0.2, 0.25) is 0 Å². The highest BCUT2D eigenvalue weighted by atomic mass is 16.6. The van der Waals surface area contributed by atoms with Crippen molar-refractivity contribution in [2.45, 2.75) is 32.7 Å². The number of hydrogen-bond acceptors (Lipinski definition) is 5. The summed E-state index contributed by atoms with van der Waals surface area (Å²) in [4.78, 5) is 35.2. The Morgan fingerprint density at radius 2 is 2.12 bits per heavy atom. The second kappa shape index (κ2) is 5.65. The van der Waals surface area contributed by atoms with Gasteiger partial charge in [0.2, 0.25) is 5.91 Å². The lowest BCUT2D eigenvalue weighted by atomic mass is 10.0. The van der Waals surface area contributed by atoms with Gasteiger partial charge in [0.1, 0.15) is 6.61 Å². The molecule has 1 rings (SSSR count). The third-order valence-corrected chi connectivity index (χ3v) is 2.71. The van der Waals surface area contributed by atoms with E-state index in [1.54, 1.807) is 0 Å². The van der Waals surface area contributed by atoms with Crippen molar-refractivity contribution in [2.75, 3.05) is 13.7 Å². The van der Waals surface area contributed by atoms with Crippen molar-refractivity contribution in [3.05, 3.63) is 0 Å². The van der Waals surface area contributed by atoms with E-state index in [1.165, 1.54) is 7.11 Å². The standard InChI is InChI=1S/C11H17NO5/c1-7(2)8-6-17-11(15)12(8)9(13)4-5-10(14)16-3/h7-8H,4-6H2,1-3H3/t8-/m0/s1. The van der Waals surface area contributed by atoms with Crippen LogP contribution < -0.4 is 0 Å². The quantitative estimate of drug-likeness (QED) is 0.687. The second-order valence-electron chi connectivity index (χ2n) is 4.23. The number of imide groups is 1. The molecule has 96 valence electrons. The fraction of sp³-hybridized carbons (Fsp3) is 0.727. The summed E-state index contributed by atoms with van der Waals surface area (Å²) in [6, 6.07) is -0.243. The van der Waals surface area contributed by atoms with E-state index < -0.39 is 18.0 Å². The average molecular weight is 243 g/mol. The van der Waals surface area contributed by atoms with Crippen molar-refractivity contribution in [2.24, 2.45) is 5.92 Å². The third-order valence-electron chi connectivity index (χ3n) is 2.71. The van der Waals surface area contributed by atoms with Gasteiger partial charge in [0.05, 0.1) is 19.6 Å². The van der Waals surface area contributed by atoms with E-state index in [0.29, 0.717) is 0 Å². The van der Waals surface area contributed by atoms with Crippen LogP contribution in [0.4, 0.5) is 4.79 Å². The molecule has 1 atom stereocenters. The van der Waals surface area contributed by atoms with Crippen LogP contribution in [0.5, 0.6) is 0 Å². The molecule has 2 amide bonds. The van der Waals surface area contributed by atoms with Crippen molar-refractivity contribution >= 4 is 18.0 Å². The summed E-state index contributed by atoms with van der Waals surface area (Å²) >= 11 is 0. The fourth-order valence-corrected chi connectivity index (χ4v) is 1.65. The average Bonchev–Trinajstić information content (AvgIpc) is 2.67. The lowest BCUT2D eigenvalue weighted by Gasteiger charge is -2.22. The Morgan fingerprint density at radius 1 is 1.47 bits per heavy atom. The van der Waals surface area contributed by atoms with Gasteiger partial charge in [0, 0.05) is 6.42 Å². The SMILES string of the molecule is COC(=O)CCC(=O)N1C(=O)OC[C@H]1C(C)C. The molecule has 1 saturated heterocycles. The van der Waals surface area contributed by atoms with Crippen molar-refractivity contribution < 1.29 is 23.9 Å². The minimum absolute atomic E-state index is 0.0239. The summed E-state index contributed by atoms with van der Waals surface area (Å²) in [6.45, 7) is 4.04. The Hall–Kier alpha value is -1.59. The molecule has 0 unspecified atom stereocenters. The zero-order valence-electron chi connectivity index (χ0n) is 10.3. The van der Waals surface area contributed by atoms with Crippen LogP contribution in [-0.4, -0.2) is 42.6 Å². The lowest BCUT2D eigenvalue weighted by Crippen LogP contribution is -2.41. The number of rotatable bonds is 4. The first kappa shape index (κ1) is 13.5. The normalized spacial score (nSPS) is 19.4. The molecule has 1 aliphatic heterocycles. The zero-order chi connectivity index (χ0) is 13.0. The van der Waals surface area contributed by atoms with Crippen molar-refractivity contribution in [3.8, 4) is 0 Å². The molecule has 0 radical (unpaired) electrons. The molecule has 1 heterocycles. The van der Waals surface area contributed by atoms with Gasteiger partial charge in [0.25, 0.3) is 0 Å². The number of carbonyl (C=O) groups is 3. The molecule has 0 N–H and O–H groups in total. The van der Waals surface area contributed by atoms with Crippen LogP contribution in [0.3, 0.4) is 0 Å². The van der Waals surface area contributed by atoms with Gasteiger partial charge in [-0.2, -0.15) is 0 Å². The van der Waals surface area contributed by atoms with Crippen molar-refractivity contribution in [3.63, 3.8) is 0 Å². The van der Waals surface area contributed by atoms with Gasteiger partial charge in [-0.3, -0.25) is 9.59 Å². The highest BCUT2D eigenvalue weighted by Crippen LogP contribution is 2.20. The predicted molar refractivity (Wildman–Crippen MR) is 58.1 cm³/mol. The number of cyclic esters (lactones) is 1. The van der Waals surface area contributed by atoms with Gasteiger partial charge < -0.3 is 9.47 Å². The highest BCUT2D eigenvalue weighted by Gasteiger charge is 2.39. The van der Waals surface area contributed by atoms with E-state index in [-0.39, 0.29) is 31.4 Å². The minimum Gasteiger partial charge on any atom is -0.469 e. The number of esters is 1. The molecule has 17 heavy (non-hydrogen) atoms. The summed E-state index contributed by atoms with van der Waals surface area (Å²) < 4.78 is 9.28. The molecule has 1 aliphatic rings. The third kappa shape index (κ3) is 3.18. The lowest BCUT2D eigenvalue weighted by molar-refractivity contribution is -0.143. The monoisotopic (exact) mass is 243 g/mol. The van der Waals surface area contributed by atoms with Crippen molar-refractivity contribution in [1.29, 1.82) is 0 Å². The Kier molecular flexibility index (Phi) is 4.48. The molecule has 0 aliphatic carbocycles. The highest BCUT2D eigenvalue weighted by molar-refractivity contribution is 5.94. The Morgan fingerprint density at radius 3 is 2.65 bits per heavy atom. The zero-order valence-corrected chi connectivity index (χ0v) is 10.3. The summed E-state index contributed by atoms with van der Waals surface area (Å²) in [5.74, 6) is -0.730. The first-order valence-corrected chi connectivity index (χ1v) is 5.53. The molecule has 1 fully saturated rings. The van der Waals surface area contributed by atoms with Gasteiger partial charge in [0.15, 0.2) is 0 Å². The molecule has 0 aromatic heterocycles. The fourth-order valence-electron chi connectivity index (χ4n) is 1.65. The number of nitrogens with zero attached hydrogens (tertiary/aromatic N) is 1. The minimum atomic E-state index is -0.626. The molecule has 0 bridgehead atoms. The molecular formula is C11H17NO5. The van der Waals surface area contributed by atoms with E-state index in [9.17, 15) is 14.4 Å². The summed E-state index contributed by atoms with van der Waals surface area (Å²) in [5, 5.41) is 0. The molecule has 0 aromatic rings. The van der Waals surface area contributed by atoms with Crippen LogP contribution in [0.1, 0.15) is 26.7 Å². The number of hydrogen-bond donors (Lipinski definition) is 0. The first-order valence-electron chi connectivity index (χ1n) is 5.53. The maximum Gasteiger partial charge on any atom is 0.416 e. The summed E-state index contributed by atoms with van der Waals surface area (Å²) in [6.07, 6.45) is -0.687. The molecular weight excluding hydrogens is 226 g/mol. The molecule has 0 aromatic carbocycles. The van der Waals surface area contributed by atoms with Crippen LogP contribution in [0, 0.1) is 5.92 Å². The van der Waals surface area contributed by atoms with Gasteiger partial charge in [-0.1, -0.05) is 13.8 Å². The van der Waals surface area contributed by atoms with Crippen LogP contribution >= 0.6 is 0 Å². The number of ether oxygens (including phenoxy) is 2. The number of amides is 2. The Balaban J connectivity index is 2.59. The summed E-state index contributed by atoms with van der Waals surface area (Å²) in [7, 11) is 1.26. The summed E-state index contributed by atoms with van der Waals surface area (Å²) in [5.41, 5.74) is 0. The molecule has 0 spiro atoms. The van der Waals surface area contributed by atoms with E-state index in [2.05, 4.69) is 4.74 Å². The molecule has 6 nitrogen and oxygen atoms in total. The molecule has 6 heteroatoms. The Bertz CT molecular complexity index is 326. The topological polar surface area (TPSA) is 72.9 Å². The van der Waals surface area contributed by atoms with E-state index in [4.69, 9.17) is 4.74 Å². The maximum absolute atomic E-state index is 11.8. The smallest absolute Gasteiger partial charge is 0.416 e. The van der Waals surface area contributed by atoms with E-state index in [0.717, 1.165) is 4.90 Å². The van der Waals surface area contributed by atoms with E-state index >= 15 is 0 Å². The van der Waals surface area contributed by atoms with Crippen LogP contribution in [0.15, 0.2) is 0 Å². The second-order valence-corrected chi connectivity index (χ2v) is 4.23. The van der Waals surface area contributed by atoms with Gasteiger partial charge in [-0.05, 0) is 5.92 Å². The van der Waals surface area contributed by atoms with Crippen LogP contribution in [0.25, 0.3) is 0 Å². The van der Waals surface area contributed by atoms with Crippen LogP contribution in [-0.2, 0) is 19.1 Å². The van der Waals surface area contributed by atoms with Gasteiger partial charge in [-0.25, -0.2) is 9.69 Å². The molecule has 0 saturated carbocycles. The van der Waals surface area contributed by atoms with Crippen molar-refractivity contribution in [1.82, 2.24) is 4.90 Å². The van der Waals surface area contributed by atoms with Gasteiger partial charge >= 0.3 is 12.1 Å². The largest absolute Gasteiger partial charge is 0.469 e. The van der Waals surface area contributed by atoms with E-state index in [1.807, 2.05) is 13.8 Å². The first-order chi connectivity index (χ1) is 7.97. The number of carbonyl (C=O) groups excluding carboxylic acids is 3. The van der Waals surface area contributed by atoms with Gasteiger partial charge in [-0.15, -0.1) is 0 Å². The maximum atomic E-state index is 11.8. The number of methoxy groups -OCH3 is 1. The predicted octanol–water partition coefficient (Wildman–Crippen LogP) is 0.943. The Labute approximate surface area is 99.9 Å².